The van der Waals surface area contributed by atoms with Gasteiger partial charge in [-0.25, -0.2) is 10.2 Å². The predicted octanol–water partition coefficient (Wildman–Crippen LogP) is 4.71. The Morgan fingerprint density at radius 2 is 1.66 bits per heavy atom. The highest BCUT2D eigenvalue weighted by Crippen LogP contribution is 2.29. The van der Waals surface area contributed by atoms with Crippen molar-refractivity contribution in [3.8, 4) is 11.5 Å². The van der Waals surface area contributed by atoms with E-state index in [2.05, 4.69) is 15.8 Å². The third-order valence-corrected chi connectivity index (χ3v) is 5.21. The Morgan fingerprint density at radius 3 is 2.40 bits per heavy atom. The lowest BCUT2D eigenvalue weighted by Crippen LogP contribution is -2.32. The highest BCUT2D eigenvalue weighted by molar-refractivity contribution is 6.45. The molecule has 10 heteroatoms. The summed E-state index contributed by atoms with van der Waals surface area (Å²) in [4.78, 5) is 36.2. The van der Waals surface area contributed by atoms with Gasteiger partial charge in [0.1, 0.15) is 0 Å². The highest BCUT2D eigenvalue weighted by atomic mass is 35.5. The number of benzene rings is 3. The van der Waals surface area contributed by atoms with Gasteiger partial charge in [-0.2, -0.15) is 5.10 Å². The van der Waals surface area contributed by atoms with Crippen molar-refractivity contribution in [3.63, 3.8) is 0 Å². The number of hydrazone groups is 1. The van der Waals surface area contributed by atoms with Crippen molar-refractivity contribution in [2.24, 2.45) is 5.10 Å². The molecular weight excluding hydrogens is 493 g/mol. The van der Waals surface area contributed by atoms with Gasteiger partial charge in [-0.15, -0.1) is 0 Å². The van der Waals surface area contributed by atoms with Gasteiger partial charge >= 0.3 is 17.8 Å². The fourth-order valence-electron chi connectivity index (χ4n) is 2.72. The summed E-state index contributed by atoms with van der Waals surface area (Å²) in [5, 5.41) is 6.45. The maximum absolute atomic E-state index is 12.1. The van der Waals surface area contributed by atoms with Gasteiger partial charge in [0.15, 0.2) is 11.5 Å². The summed E-state index contributed by atoms with van der Waals surface area (Å²) in [7, 11) is 1.42. The average Bonchev–Trinajstić information content (AvgIpc) is 2.86. The number of nitrogens with zero attached hydrogens (tertiary/aromatic N) is 1. The molecule has 0 unspecified atom stereocenters. The Labute approximate surface area is 211 Å². The maximum Gasteiger partial charge on any atom is 0.336 e. The number of carbonyl (C=O) groups excluding carboxylic acids is 3. The molecule has 0 fully saturated rings. The second kappa shape index (κ2) is 12.4. The standard InChI is InChI=1S/C25H19Cl2N3O5/c1-34-21-14-17(10-12-20(21)35-22(31)13-11-16-6-3-2-4-7-16)15-28-30-25(33)24(32)29-19-9-5-8-18(26)23(19)27/h2-15H,1H3,(H,29,32)(H,30,33). The van der Waals surface area contributed by atoms with Crippen molar-refractivity contribution in [2.75, 3.05) is 12.4 Å². The zero-order chi connectivity index (χ0) is 25.2. The van der Waals surface area contributed by atoms with Gasteiger partial charge in [0, 0.05) is 6.08 Å². The number of carbonyl (C=O) groups is 3. The first-order valence-corrected chi connectivity index (χ1v) is 10.8. The first kappa shape index (κ1) is 25.5. The van der Waals surface area contributed by atoms with Crippen LogP contribution in [0.25, 0.3) is 6.08 Å². The molecule has 178 valence electrons. The van der Waals surface area contributed by atoms with Crippen molar-refractivity contribution in [1.29, 1.82) is 0 Å². The molecule has 0 aromatic heterocycles. The van der Waals surface area contributed by atoms with Crippen LogP contribution in [0.1, 0.15) is 11.1 Å². The lowest BCUT2D eigenvalue weighted by Gasteiger charge is -2.08. The number of hydrogen-bond donors (Lipinski definition) is 2. The van der Waals surface area contributed by atoms with E-state index >= 15 is 0 Å². The molecule has 3 rings (SSSR count). The SMILES string of the molecule is COc1cc(C=NNC(=O)C(=O)Nc2cccc(Cl)c2Cl)ccc1OC(=O)C=Cc1ccccc1. The molecule has 0 aliphatic rings. The first-order valence-electron chi connectivity index (χ1n) is 10.1. The van der Waals surface area contributed by atoms with Crippen LogP contribution in [0.5, 0.6) is 11.5 Å². The van der Waals surface area contributed by atoms with E-state index in [4.69, 9.17) is 32.7 Å². The molecule has 2 amide bonds. The number of esters is 1. The molecule has 8 nitrogen and oxygen atoms in total. The van der Waals surface area contributed by atoms with Crippen molar-refractivity contribution >= 4 is 59.0 Å². The zero-order valence-electron chi connectivity index (χ0n) is 18.3. The fourth-order valence-corrected chi connectivity index (χ4v) is 3.06. The summed E-state index contributed by atoms with van der Waals surface area (Å²) in [6, 6.07) is 18.6. The topological polar surface area (TPSA) is 106 Å². The van der Waals surface area contributed by atoms with Crippen molar-refractivity contribution in [2.45, 2.75) is 0 Å². The highest BCUT2D eigenvalue weighted by Gasteiger charge is 2.15. The van der Waals surface area contributed by atoms with Gasteiger partial charge in [-0.1, -0.05) is 59.6 Å². The lowest BCUT2D eigenvalue weighted by atomic mass is 10.2. The van der Waals surface area contributed by atoms with Crippen LogP contribution in [0.3, 0.4) is 0 Å². The number of halogens is 2. The monoisotopic (exact) mass is 511 g/mol. The quantitative estimate of drug-likeness (QED) is 0.119. The number of hydrogen-bond acceptors (Lipinski definition) is 6. The van der Waals surface area contributed by atoms with Crippen LogP contribution in [0.2, 0.25) is 10.0 Å². The van der Waals surface area contributed by atoms with E-state index in [0.29, 0.717) is 5.56 Å². The van der Waals surface area contributed by atoms with Crippen molar-refractivity contribution < 1.29 is 23.9 Å². The van der Waals surface area contributed by atoms with Crippen molar-refractivity contribution in [1.82, 2.24) is 5.43 Å². The number of methoxy groups -OCH3 is 1. The molecule has 0 spiro atoms. The van der Waals surface area contributed by atoms with E-state index in [1.54, 1.807) is 30.3 Å². The summed E-state index contributed by atoms with van der Waals surface area (Å²) in [6.07, 6.45) is 4.23. The summed E-state index contributed by atoms with van der Waals surface area (Å²) in [5.41, 5.74) is 3.67. The Kier molecular flexibility index (Phi) is 9.00. The van der Waals surface area contributed by atoms with Crippen LogP contribution in [0.4, 0.5) is 5.69 Å². The number of rotatable bonds is 7. The number of ether oxygens (including phenoxy) is 2. The average molecular weight is 512 g/mol. The minimum atomic E-state index is -1.01. The molecule has 3 aromatic rings. The van der Waals surface area contributed by atoms with Gasteiger partial charge in [0.2, 0.25) is 0 Å². The Bertz CT molecular complexity index is 1290. The minimum Gasteiger partial charge on any atom is -0.493 e. The normalized spacial score (nSPS) is 10.8. The first-order chi connectivity index (χ1) is 16.9. The minimum absolute atomic E-state index is 0.113. The molecular formula is C25H19Cl2N3O5. The predicted molar refractivity (Wildman–Crippen MR) is 135 cm³/mol. The van der Waals surface area contributed by atoms with Crippen LogP contribution < -0.4 is 20.2 Å². The zero-order valence-corrected chi connectivity index (χ0v) is 19.8. The molecule has 0 atom stereocenters. The third kappa shape index (κ3) is 7.43. The molecule has 0 saturated carbocycles. The second-order valence-corrected chi connectivity index (χ2v) is 7.62. The van der Waals surface area contributed by atoms with Crippen molar-refractivity contribution in [3.05, 3.63) is 94.0 Å². The molecule has 0 bridgehead atoms. The van der Waals surface area contributed by atoms with E-state index in [-0.39, 0.29) is 27.2 Å². The van der Waals surface area contributed by atoms with Gasteiger partial charge in [-0.05, 0) is 47.5 Å². The van der Waals surface area contributed by atoms with Crippen LogP contribution >= 0.6 is 23.2 Å². The summed E-state index contributed by atoms with van der Waals surface area (Å²) >= 11 is 11.9. The summed E-state index contributed by atoms with van der Waals surface area (Å²) < 4.78 is 10.6. The van der Waals surface area contributed by atoms with E-state index in [1.807, 2.05) is 30.3 Å². The van der Waals surface area contributed by atoms with E-state index in [0.717, 1.165) is 5.56 Å². The number of anilines is 1. The molecule has 0 saturated heterocycles. The molecule has 35 heavy (non-hydrogen) atoms. The van der Waals surface area contributed by atoms with E-state index < -0.39 is 17.8 Å². The molecule has 0 aliphatic heterocycles. The second-order valence-electron chi connectivity index (χ2n) is 6.83. The largest absolute Gasteiger partial charge is 0.493 e. The van der Waals surface area contributed by atoms with Gasteiger partial charge in [0.05, 0.1) is 29.1 Å². The summed E-state index contributed by atoms with van der Waals surface area (Å²) in [6.45, 7) is 0. The van der Waals surface area contributed by atoms with Crippen LogP contribution in [0.15, 0.2) is 77.9 Å². The molecule has 0 radical (unpaired) electrons. The number of amides is 2. The smallest absolute Gasteiger partial charge is 0.336 e. The molecule has 0 aliphatic carbocycles. The maximum atomic E-state index is 12.1. The molecule has 0 heterocycles. The Balaban J connectivity index is 1.58. The number of nitrogens with one attached hydrogen (secondary N) is 2. The lowest BCUT2D eigenvalue weighted by molar-refractivity contribution is -0.136. The Morgan fingerprint density at radius 1 is 0.886 bits per heavy atom. The van der Waals surface area contributed by atoms with Gasteiger partial charge < -0.3 is 14.8 Å². The molecule has 2 N–H and O–H groups in total. The van der Waals surface area contributed by atoms with E-state index in [1.165, 1.54) is 31.5 Å². The van der Waals surface area contributed by atoms with Crippen LogP contribution in [-0.4, -0.2) is 31.1 Å². The van der Waals surface area contributed by atoms with Crippen LogP contribution in [0, 0.1) is 0 Å². The Hall–Kier alpha value is -4.14. The molecule has 3 aromatic carbocycles. The summed E-state index contributed by atoms with van der Waals surface area (Å²) in [5.74, 6) is -2.09. The van der Waals surface area contributed by atoms with Gasteiger partial charge in [-0.3, -0.25) is 9.59 Å². The van der Waals surface area contributed by atoms with E-state index in [9.17, 15) is 14.4 Å². The van der Waals surface area contributed by atoms with Gasteiger partial charge in [0.25, 0.3) is 0 Å². The van der Waals surface area contributed by atoms with Crippen LogP contribution in [-0.2, 0) is 14.4 Å². The third-order valence-electron chi connectivity index (χ3n) is 4.40. The fraction of sp³-hybridized carbons (Fsp3) is 0.0400.